The van der Waals surface area contributed by atoms with Gasteiger partial charge in [-0.15, -0.1) is 0 Å². The van der Waals surface area contributed by atoms with Gasteiger partial charge in [0.2, 0.25) is 0 Å². The van der Waals surface area contributed by atoms with Gasteiger partial charge in [0.15, 0.2) is 0 Å². The Morgan fingerprint density at radius 2 is 1.39 bits per heavy atom. The number of methoxy groups -OCH3 is 1. The molecule has 0 spiro atoms. The summed E-state index contributed by atoms with van der Waals surface area (Å²) in [5.41, 5.74) is 6.66. The number of aliphatic hydroxyl groups excluding tert-OH is 1. The summed E-state index contributed by atoms with van der Waals surface area (Å²) >= 11 is 0. The van der Waals surface area contributed by atoms with E-state index in [1.165, 1.54) is 23.3 Å². The summed E-state index contributed by atoms with van der Waals surface area (Å²) in [6, 6.07) is 41.6. The Morgan fingerprint density at radius 1 is 0.818 bits per heavy atom. The van der Waals surface area contributed by atoms with Crippen molar-refractivity contribution in [2.24, 2.45) is 0 Å². The second kappa shape index (κ2) is 18.9. The molecule has 0 amide bonds. The van der Waals surface area contributed by atoms with Crippen LogP contribution in [-0.2, 0) is 17.8 Å². The van der Waals surface area contributed by atoms with Crippen molar-refractivity contribution in [3.8, 4) is 6.07 Å². The van der Waals surface area contributed by atoms with Gasteiger partial charge >= 0.3 is 0 Å². The lowest BCUT2D eigenvalue weighted by Crippen LogP contribution is -2.28. The summed E-state index contributed by atoms with van der Waals surface area (Å²) in [4.78, 5) is 2.09. The number of halogens is 1. The van der Waals surface area contributed by atoms with E-state index in [2.05, 4.69) is 81.1 Å². The molecule has 5 rings (SSSR count). The maximum atomic E-state index is 12.1. The number of nitriles is 1. The molecule has 0 saturated carbocycles. The maximum Gasteiger partial charge on any atom is 0.123 e. The zero-order chi connectivity index (χ0) is 31.6. The first-order chi connectivity index (χ1) is 21.5. The van der Waals surface area contributed by atoms with Crippen molar-refractivity contribution in [2.45, 2.75) is 32.4 Å². The fourth-order valence-electron chi connectivity index (χ4n) is 4.80. The number of rotatable bonds is 10. The van der Waals surface area contributed by atoms with Gasteiger partial charge in [0.1, 0.15) is 5.82 Å². The van der Waals surface area contributed by atoms with E-state index in [1.807, 2.05) is 49.4 Å². The van der Waals surface area contributed by atoms with Gasteiger partial charge in [0, 0.05) is 51.7 Å². The monoisotopic (exact) mass is 591 g/mol. The average Bonchev–Trinajstić information content (AvgIpc) is 3.50. The van der Waals surface area contributed by atoms with Crippen LogP contribution in [0.4, 0.5) is 4.39 Å². The molecule has 0 fully saturated rings. The van der Waals surface area contributed by atoms with E-state index in [0.717, 1.165) is 36.3 Å². The molecule has 0 atom stereocenters. The van der Waals surface area contributed by atoms with Crippen LogP contribution in [0.15, 0.2) is 128 Å². The normalized spacial score (nSPS) is 10.4. The van der Waals surface area contributed by atoms with Crippen LogP contribution in [0.3, 0.4) is 0 Å². The Hall–Kier alpha value is -4.54. The van der Waals surface area contributed by atoms with Gasteiger partial charge in [-0.05, 0) is 66.4 Å². The van der Waals surface area contributed by atoms with Gasteiger partial charge in [0.05, 0.1) is 18.4 Å². The van der Waals surface area contributed by atoms with Crippen molar-refractivity contribution >= 4 is 0 Å². The first-order valence-corrected chi connectivity index (χ1v) is 14.7. The fourth-order valence-corrected chi connectivity index (χ4v) is 4.80. The third-order valence-electron chi connectivity index (χ3n) is 7.09. The third kappa shape index (κ3) is 11.3. The number of aromatic nitrogens is 1. The van der Waals surface area contributed by atoms with Crippen LogP contribution >= 0.6 is 0 Å². The van der Waals surface area contributed by atoms with E-state index in [0.29, 0.717) is 12.1 Å². The zero-order valence-corrected chi connectivity index (χ0v) is 25.8. The fraction of sp³-hybridized carbons (Fsp3) is 0.237. The minimum absolute atomic E-state index is 0.0122. The number of nitrogens with zero attached hydrogens (tertiary/aromatic N) is 3. The van der Waals surface area contributed by atoms with Gasteiger partial charge in [-0.1, -0.05) is 90.5 Å². The van der Waals surface area contributed by atoms with Gasteiger partial charge in [0.25, 0.3) is 0 Å². The average molecular weight is 592 g/mol. The van der Waals surface area contributed by atoms with E-state index in [-0.39, 0.29) is 18.5 Å². The molecule has 4 aromatic carbocycles. The molecule has 0 aliphatic rings. The first kappa shape index (κ1) is 34.0. The lowest BCUT2D eigenvalue weighted by molar-refractivity contribution is 0.0962. The van der Waals surface area contributed by atoms with Crippen LogP contribution in [0.25, 0.3) is 0 Å². The van der Waals surface area contributed by atoms with Gasteiger partial charge in [-0.2, -0.15) is 5.26 Å². The number of hydrogen-bond donors (Lipinski definition) is 1. The highest BCUT2D eigenvalue weighted by Crippen LogP contribution is 2.28. The highest BCUT2D eigenvalue weighted by Gasteiger charge is 2.16. The summed E-state index contributed by atoms with van der Waals surface area (Å²) < 4.78 is 18.5. The van der Waals surface area contributed by atoms with E-state index >= 15 is 0 Å². The molecule has 44 heavy (non-hydrogen) atoms. The summed E-state index contributed by atoms with van der Waals surface area (Å²) in [5.74, 6) is 0.113. The molecule has 1 N–H and O–H groups in total. The molecule has 1 aromatic heterocycles. The minimum atomic E-state index is -0.171. The predicted molar refractivity (Wildman–Crippen MR) is 176 cm³/mol. The summed E-state index contributed by atoms with van der Waals surface area (Å²) in [6.45, 7) is 4.14. The maximum absolute atomic E-state index is 12.1. The molecule has 228 valence electrons. The number of benzene rings is 4. The van der Waals surface area contributed by atoms with Crippen molar-refractivity contribution < 1.29 is 14.2 Å². The van der Waals surface area contributed by atoms with Crippen molar-refractivity contribution in [1.29, 1.82) is 5.26 Å². The quantitative estimate of drug-likeness (QED) is 0.169. The molecule has 0 radical (unpaired) electrons. The van der Waals surface area contributed by atoms with Crippen molar-refractivity contribution in [1.82, 2.24) is 9.47 Å². The first-order valence-electron chi connectivity index (χ1n) is 14.7. The summed E-state index contributed by atoms with van der Waals surface area (Å²) in [5, 5.41) is 19.1. The summed E-state index contributed by atoms with van der Waals surface area (Å²) in [7, 11) is 3.25. The van der Waals surface area contributed by atoms with Crippen LogP contribution in [0.1, 0.15) is 45.8 Å². The van der Waals surface area contributed by atoms with Gasteiger partial charge in [-0.25, -0.2) is 4.39 Å². The largest absolute Gasteiger partial charge is 0.388 e. The van der Waals surface area contributed by atoms with Crippen molar-refractivity contribution in [2.75, 3.05) is 27.5 Å². The van der Waals surface area contributed by atoms with Crippen LogP contribution < -0.4 is 0 Å². The standard InChI is InChI=1S/C29H29N3O.C7H7F.C2H6O/c30-20-24-13-15-25(16-14-24)21-32-18-7-12-28(32)22-31(23-33)19-17-29(26-8-3-1-4-9-26)27-10-5-2-6-11-27;1-6-2-4-7(8)5-3-6;1-3-2/h1-16,18,29,33H,17,19,21-23H2;2-5H,1H3;1-2H3. The second-order valence-corrected chi connectivity index (χ2v) is 10.5. The molecular weight excluding hydrogens is 549 g/mol. The molecule has 0 saturated heterocycles. The number of ether oxygens (including phenoxy) is 1. The van der Waals surface area contributed by atoms with Crippen LogP contribution in [0.5, 0.6) is 0 Å². The molecular formula is C38H42FN3O2. The van der Waals surface area contributed by atoms with E-state index in [9.17, 15) is 9.50 Å². The minimum Gasteiger partial charge on any atom is -0.388 e. The van der Waals surface area contributed by atoms with Crippen LogP contribution in [0, 0.1) is 24.1 Å². The van der Waals surface area contributed by atoms with Gasteiger partial charge in [-0.3, -0.25) is 4.90 Å². The van der Waals surface area contributed by atoms with Gasteiger partial charge < -0.3 is 14.4 Å². The van der Waals surface area contributed by atoms with Crippen molar-refractivity contribution in [3.63, 3.8) is 0 Å². The number of aryl methyl sites for hydroxylation is 1. The Balaban J connectivity index is 0.000000408. The third-order valence-corrected chi connectivity index (χ3v) is 7.09. The van der Waals surface area contributed by atoms with E-state index < -0.39 is 0 Å². The lowest BCUT2D eigenvalue weighted by Gasteiger charge is -2.25. The molecule has 1 heterocycles. The molecule has 5 nitrogen and oxygen atoms in total. The SMILES string of the molecule is COC.Cc1ccc(F)cc1.N#Cc1ccc(Cn2cccc2CN(CO)CCC(c2ccccc2)c2ccccc2)cc1. The van der Waals surface area contributed by atoms with E-state index in [1.54, 1.807) is 26.4 Å². The predicted octanol–water partition coefficient (Wildman–Crippen LogP) is 7.78. The Kier molecular flexibility index (Phi) is 14.6. The number of aliphatic hydroxyl groups is 1. The highest BCUT2D eigenvalue weighted by atomic mass is 19.1. The molecule has 5 aromatic rings. The van der Waals surface area contributed by atoms with Crippen molar-refractivity contribution in [3.05, 3.63) is 167 Å². The molecule has 0 bridgehead atoms. The topological polar surface area (TPSA) is 61.4 Å². The molecule has 0 unspecified atom stereocenters. The smallest absolute Gasteiger partial charge is 0.123 e. The van der Waals surface area contributed by atoms with Crippen LogP contribution in [0.2, 0.25) is 0 Å². The lowest BCUT2D eigenvalue weighted by atomic mass is 9.88. The zero-order valence-electron chi connectivity index (χ0n) is 25.8. The Morgan fingerprint density at radius 3 is 1.89 bits per heavy atom. The Bertz CT molecular complexity index is 1450. The Labute approximate surface area is 261 Å². The molecule has 0 aliphatic heterocycles. The molecule has 6 heteroatoms. The second-order valence-electron chi connectivity index (χ2n) is 10.5. The van der Waals surface area contributed by atoms with Crippen LogP contribution in [-0.4, -0.2) is 42.1 Å². The molecule has 0 aliphatic carbocycles. The number of hydrogen-bond acceptors (Lipinski definition) is 4. The van der Waals surface area contributed by atoms with E-state index in [4.69, 9.17) is 5.26 Å². The summed E-state index contributed by atoms with van der Waals surface area (Å²) in [6.07, 6.45) is 2.99. The highest BCUT2D eigenvalue weighted by molar-refractivity contribution is 5.33.